The molecule has 0 amide bonds. The molecule has 4 aromatic rings. The van der Waals surface area contributed by atoms with Gasteiger partial charge in [0.05, 0.1) is 41.4 Å². The molecule has 1 aliphatic heterocycles. The first-order chi connectivity index (χ1) is 12.8. The molecular weight excluding hydrogens is 344 g/mol. The van der Waals surface area contributed by atoms with Crippen LogP contribution in [0.5, 0.6) is 0 Å². The highest BCUT2D eigenvalue weighted by molar-refractivity contribution is 6.30. The van der Waals surface area contributed by atoms with E-state index >= 15 is 0 Å². The van der Waals surface area contributed by atoms with Crippen LogP contribution in [-0.4, -0.2) is 16.2 Å². The number of halogens is 1. The zero-order chi connectivity index (χ0) is 17.5. The summed E-state index contributed by atoms with van der Waals surface area (Å²) in [5.41, 5.74) is 6.66. The largest absolute Gasteiger partial charge is 0.366 e. The van der Waals surface area contributed by atoms with E-state index in [1.165, 1.54) is 5.56 Å². The van der Waals surface area contributed by atoms with Crippen molar-refractivity contribution < 1.29 is 0 Å². The van der Waals surface area contributed by atoms with E-state index < -0.39 is 0 Å². The van der Waals surface area contributed by atoms with Gasteiger partial charge in [0.2, 0.25) is 0 Å². The molecule has 3 aromatic carbocycles. The highest BCUT2D eigenvalue weighted by Gasteiger charge is 2.21. The van der Waals surface area contributed by atoms with Gasteiger partial charge in [-0.3, -0.25) is 0 Å². The van der Waals surface area contributed by atoms with Crippen LogP contribution in [0.3, 0.4) is 0 Å². The van der Waals surface area contributed by atoms with Crippen molar-refractivity contribution in [1.82, 2.24) is 9.55 Å². The van der Waals surface area contributed by atoms with Crippen molar-refractivity contribution >= 4 is 34.0 Å². The first kappa shape index (κ1) is 15.3. The summed E-state index contributed by atoms with van der Waals surface area (Å²) in [4.78, 5) is 4.59. The average Bonchev–Trinajstić information content (AvgIpc) is 3.29. The third kappa shape index (κ3) is 2.50. The van der Waals surface area contributed by atoms with Crippen molar-refractivity contribution in [2.45, 2.75) is 6.04 Å². The molecule has 0 bridgehead atoms. The number of hydrogen-bond donors (Lipinski definition) is 2. The van der Waals surface area contributed by atoms with Crippen LogP contribution >= 0.6 is 11.6 Å². The van der Waals surface area contributed by atoms with E-state index in [1.54, 1.807) is 0 Å². The van der Waals surface area contributed by atoms with Crippen molar-refractivity contribution in [3.05, 3.63) is 89.2 Å². The Bertz CT molecular complexity index is 1100. The maximum absolute atomic E-state index is 6.30. The van der Waals surface area contributed by atoms with Gasteiger partial charge < -0.3 is 15.2 Å². The van der Waals surface area contributed by atoms with Gasteiger partial charge in [-0.15, -0.1) is 0 Å². The summed E-state index contributed by atoms with van der Waals surface area (Å²) in [6, 6.07) is 22.7. The number of fused-ring (bicyclic) bond motifs is 2. The zero-order valence-electron chi connectivity index (χ0n) is 14.0. The van der Waals surface area contributed by atoms with Gasteiger partial charge in [-0.25, -0.2) is 4.98 Å². The van der Waals surface area contributed by atoms with Gasteiger partial charge in [-0.2, -0.15) is 0 Å². The summed E-state index contributed by atoms with van der Waals surface area (Å²) in [6.45, 7) is 0.759. The molecule has 2 N–H and O–H groups in total. The molecule has 0 aliphatic carbocycles. The van der Waals surface area contributed by atoms with Gasteiger partial charge in [0.1, 0.15) is 0 Å². The van der Waals surface area contributed by atoms with Crippen LogP contribution in [0.25, 0.3) is 11.0 Å². The lowest BCUT2D eigenvalue weighted by Crippen LogP contribution is -2.11. The molecule has 26 heavy (non-hydrogen) atoms. The minimum atomic E-state index is -0.00574. The van der Waals surface area contributed by atoms with Gasteiger partial charge >= 0.3 is 0 Å². The minimum absolute atomic E-state index is 0.00574. The van der Waals surface area contributed by atoms with E-state index in [0.717, 1.165) is 39.7 Å². The molecule has 128 valence electrons. The summed E-state index contributed by atoms with van der Waals surface area (Å²) in [5.74, 6) is 0. The monoisotopic (exact) mass is 360 g/mol. The summed E-state index contributed by atoms with van der Waals surface area (Å²) < 4.78 is 2.21. The van der Waals surface area contributed by atoms with Crippen LogP contribution in [0.15, 0.2) is 73.1 Å². The lowest BCUT2D eigenvalue weighted by molar-refractivity contribution is 0.698. The van der Waals surface area contributed by atoms with Crippen molar-refractivity contribution in [1.29, 1.82) is 0 Å². The number of hydrogen-bond acceptors (Lipinski definition) is 3. The normalized spacial score (nSPS) is 13.9. The van der Waals surface area contributed by atoms with Crippen molar-refractivity contribution in [3.8, 4) is 0 Å². The van der Waals surface area contributed by atoms with E-state index in [0.29, 0.717) is 0 Å². The predicted molar refractivity (Wildman–Crippen MR) is 107 cm³/mol. The Morgan fingerprint density at radius 3 is 2.65 bits per heavy atom. The Labute approximate surface area is 156 Å². The summed E-state index contributed by atoms with van der Waals surface area (Å²) >= 11 is 6.30. The van der Waals surface area contributed by atoms with E-state index in [9.17, 15) is 0 Å². The molecule has 0 radical (unpaired) electrons. The zero-order valence-corrected chi connectivity index (χ0v) is 14.7. The first-order valence-electron chi connectivity index (χ1n) is 8.58. The standard InChI is InChI=1S/C21H17ClN4/c22-16-5-3-4-14(10-16)21(15-8-9-17-19(11-15)24-12-23-17)26-13-25-18-6-1-2-7-20(18)26/h1-11,13,21,23-24H,12H2. The van der Waals surface area contributed by atoms with Crippen LogP contribution in [-0.2, 0) is 0 Å². The van der Waals surface area contributed by atoms with Crippen LogP contribution in [0.4, 0.5) is 11.4 Å². The third-order valence-electron chi connectivity index (χ3n) is 4.84. The van der Waals surface area contributed by atoms with E-state index in [-0.39, 0.29) is 6.04 Å². The Morgan fingerprint density at radius 1 is 0.885 bits per heavy atom. The molecule has 1 atom stereocenters. The Morgan fingerprint density at radius 2 is 1.73 bits per heavy atom. The van der Waals surface area contributed by atoms with E-state index in [2.05, 4.69) is 50.5 Å². The van der Waals surface area contributed by atoms with Crippen molar-refractivity contribution in [3.63, 3.8) is 0 Å². The predicted octanol–water partition coefficient (Wildman–Crippen LogP) is 5.12. The number of nitrogens with one attached hydrogen (secondary N) is 2. The molecule has 2 heterocycles. The van der Waals surface area contributed by atoms with Gasteiger partial charge in [-0.05, 0) is 47.5 Å². The second-order valence-electron chi connectivity index (χ2n) is 6.43. The number of imidazole rings is 1. The average molecular weight is 361 g/mol. The van der Waals surface area contributed by atoms with Crippen molar-refractivity contribution in [2.75, 3.05) is 17.3 Å². The Balaban J connectivity index is 1.73. The summed E-state index contributed by atoms with van der Waals surface area (Å²) in [7, 11) is 0. The summed E-state index contributed by atoms with van der Waals surface area (Å²) in [6.07, 6.45) is 1.91. The van der Waals surface area contributed by atoms with Crippen LogP contribution < -0.4 is 10.6 Å². The highest BCUT2D eigenvalue weighted by Crippen LogP contribution is 2.35. The summed E-state index contributed by atoms with van der Waals surface area (Å²) in [5, 5.41) is 7.44. The maximum atomic E-state index is 6.30. The van der Waals surface area contributed by atoms with Gasteiger partial charge in [0.15, 0.2) is 0 Å². The molecule has 5 rings (SSSR count). The molecule has 5 heteroatoms. The topological polar surface area (TPSA) is 41.9 Å². The van der Waals surface area contributed by atoms with Crippen LogP contribution in [0.1, 0.15) is 17.2 Å². The maximum Gasteiger partial charge on any atom is 0.0966 e. The van der Waals surface area contributed by atoms with E-state index in [4.69, 9.17) is 11.6 Å². The molecule has 1 aliphatic rings. The second-order valence-corrected chi connectivity index (χ2v) is 6.87. The number of rotatable bonds is 3. The fourth-order valence-corrected chi connectivity index (χ4v) is 3.84. The molecule has 0 fully saturated rings. The van der Waals surface area contributed by atoms with Crippen LogP contribution in [0, 0.1) is 0 Å². The number of para-hydroxylation sites is 2. The fourth-order valence-electron chi connectivity index (χ4n) is 3.64. The molecule has 0 spiro atoms. The van der Waals surface area contributed by atoms with Gasteiger partial charge in [-0.1, -0.05) is 41.9 Å². The van der Waals surface area contributed by atoms with Gasteiger partial charge in [0, 0.05) is 5.02 Å². The van der Waals surface area contributed by atoms with Crippen LogP contribution in [0.2, 0.25) is 5.02 Å². The van der Waals surface area contributed by atoms with Gasteiger partial charge in [0.25, 0.3) is 0 Å². The second kappa shape index (κ2) is 6.07. The van der Waals surface area contributed by atoms with Crippen molar-refractivity contribution in [2.24, 2.45) is 0 Å². The number of nitrogens with zero attached hydrogens (tertiary/aromatic N) is 2. The third-order valence-corrected chi connectivity index (χ3v) is 5.08. The minimum Gasteiger partial charge on any atom is -0.366 e. The molecule has 4 nitrogen and oxygen atoms in total. The lowest BCUT2D eigenvalue weighted by Gasteiger charge is -2.22. The molecule has 0 saturated carbocycles. The van der Waals surface area contributed by atoms with E-state index in [1.807, 2.05) is 42.7 Å². The first-order valence-corrected chi connectivity index (χ1v) is 8.96. The number of aromatic nitrogens is 2. The smallest absolute Gasteiger partial charge is 0.0966 e. The lowest BCUT2D eigenvalue weighted by atomic mass is 9.97. The molecule has 1 unspecified atom stereocenters. The fraction of sp³-hybridized carbons (Fsp3) is 0.0952. The highest BCUT2D eigenvalue weighted by atomic mass is 35.5. The Hall–Kier alpha value is -2.98. The Kier molecular flexibility index (Phi) is 3.57. The molecular formula is C21H17ClN4. The quantitative estimate of drug-likeness (QED) is 0.532. The molecule has 1 aromatic heterocycles. The SMILES string of the molecule is Clc1cccc(C(c2ccc3c(c2)NCN3)n2cnc3ccccc32)c1. The number of anilines is 2. The number of benzene rings is 3. The molecule has 0 saturated heterocycles.